The summed E-state index contributed by atoms with van der Waals surface area (Å²) in [5, 5.41) is 18.7. The molecule has 4 aliphatic rings. The highest BCUT2D eigenvalue weighted by Crippen LogP contribution is 2.18. The molecule has 0 atom stereocenters. The molecule has 4 aliphatic heterocycles. The second-order valence-electron chi connectivity index (χ2n) is 6.44. The van der Waals surface area contributed by atoms with Gasteiger partial charge < -0.3 is 25.8 Å². The molecule has 0 saturated carbocycles. The van der Waals surface area contributed by atoms with Crippen molar-refractivity contribution in [1.29, 1.82) is 0 Å². The molecule has 29 heavy (non-hydrogen) atoms. The Balaban J connectivity index is 1.59. The minimum Gasteiger partial charge on any atom is -0.494 e. The minimum atomic E-state index is -0.396. The summed E-state index contributed by atoms with van der Waals surface area (Å²) in [4.78, 5) is 24.3. The molecule has 1 amide bonds. The number of hydrogen-bond donors (Lipinski definition) is 4. The largest absolute Gasteiger partial charge is 0.494 e. The van der Waals surface area contributed by atoms with Crippen LogP contribution in [0.15, 0.2) is 48.5 Å². The van der Waals surface area contributed by atoms with Gasteiger partial charge in [-0.2, -0.15) is 15.0 Å². The summed E-state index contributed by atoms with van der Waals surface area (Å²) in [6.07, 6.45) is 0.704. The Morgan fingerprint density at radius 2 is 1.66 bits per heavy atom. The van der Waals surface area contributed by atoms with E-state index in [9.17, 15) is 9.90 Å². The molecule has 0 unspecified atom stereocenters. The Hall–Kier alpha value is -3.88. The fourth-order valence-electron chi connectivity index (χ4n) is 2.78. The fraction of sp³-hybridized carbons (Fsp3) is 0.200. The number of carbonyl (C=O) groups excluding carboxylic acids is 1. The van der Waals surface area contributed by atoms with Gasteiger partial charge in [-0.05, 0) is 48.4 Å². The number of carbonyl (C=O) groups is 1. The third-order valence-electron chi connectivity index (χ3n) is 4.28. The second-order valence-corrected chi connectivity index (χ2v) is 6.44. The number of aromatic hydroxyl groups is 1. The highest BCUT2D eigenvalue weighted by molar-refractivity contribution is 5.94. The van der Waals surface area contributed by atoms with E-state index >= 15 is 0 Å². The molecule has 0 saturated heterocycles. The maximum atomic E-state index is 12.2. The van der Waals surface area contributed by atoms with Gasteiger partial charge in [-0.3, -0.25) is 4.79 Å². The lowest BCUT2D eigenvalue weighted by Gasteiger charge is -2.11. The van der Waals surface area contributed by atoms with Crippen molar-refractivity contribution in [3.05, 3.63) is 59.7 Å². The van der Waals surface area contributed by atoms with Gasteiger partial charge in [0.05, 0.1) is 6.61 Å². The zero-order valence-electron chi connectivity index (χ0n) is 15.6. The zero-order chi connectivity index (χ0) is 20.1. The quantitative estimate of drug-likeness (QED) is 0.460. The maximum Gasteiger partial charge on any atom is 0.320 e. The number of anilines is 3. The van der Waals surface area contributed by atoms with Crippen molar-refractivity contribution >= 4 is 23.5 Å². The Labute approximate surface area is 167 Å². The van der Waals surface area contributed by atoms with E-state index in [1.165, 1.54) is 0 Å². The highest BCUT2D eigenvalue weighted by atomic mass is 16.5. The minimum absolute atomic E-state index is 0.153. The molecule has 3 aromatic rings. The summed E-state index contributed by atoms with van der Waals surface area (Å²) in [5.41, 5.74) is 2.22. The first-order valence-corrected chi connectivity index (χ1v) is 9.22. The Morgan fingerprint density at radius 1 is 0.897 bits per heavy atom. The van der Waals surface area contributed by atoms with E-state index in [4.69, 9.17) is 4.74 Å². The van der Waals surface area contributed by atoms with E-state index in [-0.39, 0.29) is 17.8 Å². The summed E-state index contributed by atoms with van der Waals surface area (Å²) >= 11 is 0. The average Bonchev–Trinajstić information content (AvgIpc) is 2.72. The number of nitrogens with one attached hydrogen (secondary N) is 3. The van der Waals surface area contributed by atoms with E-state index in [1.54, 1.807) is 24.3 Å². The molecule has 9 nitrogen and oxygen atoms in total. The summed E-state index contributed by atoms with van der Waals surface area (Å²) in [6, 6.07) is 14.1. The summed E-state index contributed by atoms with van der Waals surface area (Å²) in [6.45, 7) is 1.51. The van der Waals surface area contributed by atoms with Gasteiger partial charge in [0.25, 0.3) is 5.91 Å². The van der Waals surface area contributed by atoms with E-state index in [2.05, 4.69) is 30.9 Å². The number of hydrogen-bond acceptors (Lipinski definition) is 8. The van der Waals surface area contributed by atoms with Crippen LogP contribution >= 0.6 is 0 Å². The van der Waals surface area contributed by atoms with Gasteiger partial charge in [-0.25, -0.2) is 0 Å². The number of nitrogens with zero attached hydrogens (tertiary/aromatic N) is 3. The lowest BCUT2D eigenvalue weighted by atomic mass is 10.2. The van der Waals surface area contributed by atoms with Gasteiger partial charge in [-0.15, -0.1) is 0 Å². The molecule has 9 heteroatoms. The summed E-state index contributed by atoms with van der Waals surface area (Å²) in [7, 11) is 0. The molecule has 6 bridgehead atoms. The van der Waals surface area contributed by atoms with Crippen LogP contribution in [0.2, 0.25) is 0 Å². The van der Waals surface area contributed by atoms with Crippen molar-refractivity contribution in [3.8, 4) is 11.8 Å². The molecule has 0 radical (unpaired) electrons. The van der Waals surface area contributed by atoms with Crippen LogP contribution in [0.3, 0.4) is 0 Å². The molecule has 0 spiro atoms. The fourth-order valence-corrected chi connectivity index (χ4v) is 2.78. The van der Waals surface area contributed by atoms with Crippen molar-refractivity contribution in [3.63, 3.8) is 0 Å². The van der Waals surface area contributed by atoms with Gasteiger partial charge in [0.2, 0.25) is 11.9 Å². The van der Waals surface area contributed by atoms with E-state index in [1.807, 2.05) is 24.3 Å². The lowest BCUT2D eigenvalue weighted by Crippen LogP contribution is -2.25. The van der Waals surface area contributed by atoms with E-state index < -0.39 is 6.01 Å². The monoisotopic (exact) mass is 392 g/mol. The molecule has 7 rings (SSSR count). The summed E-state index contributed by atoms with van der Waals surface area (Å²) < 4.78 is 5.70. The van der Waals surface area contributed by atoms with Crippen molar-refractivity contribution in [2.45, 2.75) is 13.0 Å². The van der Waals surface area contributed by atoms with Gasteiger partial charge >= 0.3 is 6.01 Å². The normalized spacial score (nSPS) is 14.3. The van der Waals surface area contributed by atoms with Crippen LogP contribution in [-0.4, -0.2) is 39.1 Å². The smallest absolute Gasteiger partial charge is 0.320 e. The Kier molecular flexibility index (Phi) is 5.37. The standard InChI is InChI=1S/C20H20N6O3/c27-17-14-4-6-15(7-5-14)23-19-24-18(25-20(28)26-19)22-12-13-2-8-16(9-3-13)29-11-1-10-21-17/h2-9H,1,10-12H2,(H,21,27)(H3,22,23,24,25,26,28). The third-order valence-corrected chi connectivity index (χ3v) is 4.28. The van der Waals surface area contributed by atoms with Crippen molar-refractivity contribution < 1.29 is 14.6 Å². The Bertz CT molecular complexity index is 992. The van der Waals surface area contributed by atoms with Crippen LogP contribution in [0, 0.1) is 0 Å². The predicted molar refractivity (Wildman–Crippen MR) is 107 cm³/mol. The molecule has 0 fully saturated rings. The summed E-state index contributed by atoms with van der Waals surface area (Å²) in [5.74, 6) is 1.04. The van der Waals surface area contributed by atoms with Crippen LogP contribution in [0.4, 0.5) is 17.6 Å². The average molecular weight is 392 g/mol. The Morgan fingerprint density at radius 3 is 2.45 bits per heavy atom. The van der Waals surface area contributed by atoms with E-state index in [0.717, 1.165) is 11.3 Å². The molecular formula is C20H20N6O3. The number of amides is 1. The first kappa shape index (κ1) is 18.5. The van der Waals surface area contributed by atoms with Crippen LogP contribution in [-0.2, 0) is 6.54 Å². The van der Waals surface area contributed by atoms with Crippen molar-refractivity contribution in [2.75, 3.05) is 23.8 Å². The SMILES string of the molecule is O=C1NCCCOc2ccc(cc2)CNc2nc(O)nc(n2)Nc2ccc1cc2. The molecule has 5 heterocycles. The van der Waals surface area contributed by atoms with Crippen molar-refractivity contribution in [2.24, 2.45) is 0 Å². The van der Waals surface area contributed by atoms with Gasteiger partial charge in [0.1, 0.15) is 5.75 Å². The lowest BCUT2D eigenvalue weighted by molar-refractivity contribution is 0.0951. The molecular weight excluding hydrogens is 372 g/mol. The molecule has 0 aliphatic carbocycles. The predicted octanol–water partition coefficient (Wildman–Crippen LogP) is 2.45. The van der Waals surface area contributed by atoms with Crippen LogP contribution < -0.4 is 20.7 Å². The first-order chi connectivity index (χ1) is 14.2. The van der Waals surface area contributed by atoms with Crippen LogP contribution in [0.1, 0.15) is 22.3 Å². The van der Waals surface area contributed by atoms with Crippen LogP contribution in [0.25, 0.3) is 0 Å². The van der Waals surface area contributed by atoms with Crippen molar-refractivity contribution in [1.82, 2.24) is 20.3 Å². The van der Waals surface area contributed by atoms with Gasteiger partial charge in [0, 0.05) is 24.3 Å². The third kappa shape index (κ3) is 4.89. The molecule has 148 valence electrons. The topological polar surface area (TPSA) is 121 Å². The molecule has 1 aromatic heterocycles. The number of ether oxygens (including phenoxy) is 1. The number of aromatic nitrogens is 3. The van der Waals surface area contributed by atoms with Gasteiger partial charge in [-0.1, -0.05) is 12.1 Å². The first-order valence-electron chi connectivity index (χ1n) is 9.22. The number of rotatable bonds is 0. The zero-order valence-corrected chi connectivity index (χ0v) is 15.6. The maximum absolute atomic E-state index is 12.2. The number of benzene rings is 2. The highest BCUT2D eigenvalue weighted by Gasteiger charge is 2.09. The second kappa shape index (κ2) is 8.42. The van der Waals surface area contributed by atoms with E-state index in [0.29, 0.717) is 37.4 Å². The van der Waals surface area contributed by atoms with Gasteiger partial charge in [0.15, 0.2) is 0 Å². The van der Waals surface area contributed by atoms with Crippen LogP contribution in [0.5, 0.6) is 11.8 Å². The molecule has 2 aromatic carbocycles. The molecule has 4 N–H and O–H groups in total.